The van der Waals surface area contributed by atoms with Gasteiger partial charge in [-0.1, -0.05) is 29.9 Å². The molecule has 1 heterocycles. The Hall–Kier alpha value is -0.980. The van der Waals surface area contributed by atoms with Crippen molar-refractivity contribution in [3.63, 3.8) is 0 Å². The summed E-state index contributed by atoms with van der Waals surface area (Å²) in [5.74, 6) is 0.163. The van der Waals surface area contributed by atoms with Gasteiger partial charge in [0.1, 0.15) is 0 Å². The molecule has 6 heteroatoms. The Balaban J connectivity index is 2.22. The highest BCUT2D eigenvalue weighted by Gasteiger charge is 2.31. The third-order valence-electron chi connectivity index (χ3n) is 3.80. The highest BCUT2D eigenvalue weighted by atomic mass is 32.2. The first-order valence-corrected chi connectivity index (χ1v) is 8.54. The lowest BCUT2D eigenvalue weighted by Crippen LogP contribution is -2.41. The van der Waals surface area contributed by atoms with Crippen LogP contribution in [-0.2, 0) is 10.0 Å². The minimum atomic E-state index is -3.41. The number of rotatable bonds is 3. The topological polar surface area (TPSA) is 63.4 Å². The van der Waals surface area contributed by atoms with Gasteiger partial charge >= 0.3 is 0 Å². The van der Waals surface area contributed by atoms with Gasteiger partial charge in [0.25, 0.3) is 0 Å². The lowest BCUT2D eigenvalue weighted by Gasteiger charge is -2.31. The Morgan fingerprint density at radius 2 is 1.90 bits per heavy atom. The summed E-state index contributed by atoms with van der Waals surface area (Å²) in [6.07, 6.45) is 1.42. The van der Waals surface area contributed by atoms with Crippen molar-refractivity contribution in [3.8, 4) is 0 Å². The molecule has 0 spiro atoms. The number of hydrogen-bond donors (Lipinski definition) is 1. The normalized spacial score (nSPS) is 18.1. The molecule has 0 radical (unpaired) electrons. The first-order valence-electron chi connectivity index (χ1n) is 6.69. The molecule has 0 unspecified atom stereocenters. The second kappa shape index (κ2) is 5.79. The standard InChI is InChI=1S/C14H20N2O2S2/c1-10-3-4-13(11(2)9-10)20(17,18)16-7-5-12(6-8-16)14(15)19/h3-4,9,12H,5-8H2,1-2H3,(H2,15,19). The van der Waals surface area contributed by atoms with Crippen LogP contribution in [0.2, 0.25) is 0 Å². The summed E-state index contributed by atoms with van der Waals surface area (Å²) in [7, 11) is -3.41. The van der Waals surface area contributed by atoms with E-state index in [1.165, 1.54) is 0 Å². The fraction of sp³-hybridized carbons (Fsp3) is 0.500. The van der Waals surface area contributed by atoms with Gasteiger partial charge in [-0.3, -0.25) is 0 Å². The van der Waals surface area contributed by atoms with Crippen molar-refractivity contribution in [1.29, 1.82) is 0 Å². The summed E-state index contributed by atoms with van der Waals surface area (Å²) in [4.78, 5) is 0.894. The van der Waals surface area contributed by atoms with Crippen molar-refractivity contribution in [2.45, 2.75) is 31.6 Å². The summed E-state index contributed by atoms with van der Waals surface area (Å²) >= 11 is 4.99. The van der Waals surface area contributed by atoms with Crippen LogP contribution in [0.1, 0.15) is 24.0 Å². The van der Waals surface area contributed by atoms with Crippen molar-refractivity contribution < 1.29 is 8.42 Å². The van der Waals surface area contributed by atoms with Gasteiger partial charge in [0.15, 0.2) is 0 Å². The van der Waals surface area contributed by atoms with Gasteiger partial charge in [-0.15, -0.1) is 0 Å². The molecule has 0 amide bonds. The average molecular weight is 312 g/mol. The van der Waals surface area contributed by atoms with Gasteiger partial charge in [-0.25, -0.2) is 8.42 Å². The number of nitrogens with two attached hydrogens (primary N) is 1. The number of benzene rings is 1. The smallest absolute Gasteiger partial charge is 0.243 e. The van der Waals surface area contributed by atoms with E-state index in [9.17, 15) is 8.42 Å². The first kappa shape index (κ1) is 15.4. The zero-order valence-corrected chi connectivity index (χ0v) is 13.4. The predicted molar refractivity (Wildman–Crippen MR) is 84.2 cm³/mol. The molecule has 2 N–H and O–H groups in total. The Bertz CT molecular complexity index is 618. The zero-order valence-electron chi connectivity index (χ0n) is 11.8. The van der Waals surface area contributed by atoms with Gasteiger partial charge in [0, 0.05) is 19.0 Å². The van der Waals surface area contributed by atoms with Gasteiger partial charge in [0.2, 0.25) is 10.0 Å². The van der Waals surface area contributed by atoms with E-state index < -0.39 is 10.0 Å². The van der Waals surface area contributed by atoms with E-state index in [4.69, 9.17) is 18.0 Å². The maximum atomic E-state index is 12.7. The molecule has 1 aromatic carbocycles. The molecule has 2 rings (SSSR count). The van der Waals surface area contributed by atoms with Crippen LogP contribution in [0, 0.1) is 19.8 Å². The summed E-state index contributed by atoms with van der Waals surface area (Å²) in [6.45, 7) is 4.76. The minimum Gasteiger partial charge on any atom is -0.393 e. The highest BCUT2D eigenvalue weighted by Crippen LogP contribution is 2.26. The van der Waals surface area contributed by atoms with Gasteiger partial charge in [-0.2, -0.15) is 4.31 Å². The van der Waals surface area contributed by atoms with Crippen LogP contribution >= 0.6 is 12.2 Å². The third kappa shape index (κ3) is 3.02. The lowest BCUT2D eigenvalue weighted by molar-refractivity contribution is 0.316. The molecule has 20 heavy (non-hydrogen) atoms. The molecular formula is C14H20N2O2S2. The molecule has 0 bridgehead atoms. The molecule has 1 aliphatic heterocycles. The van der Waals surface area contributed by atoms with Crippen LogP contribution in [0.4, 0.5) is 0 Å². The molecule has 0 saturated carbocycles. The highest BCUT2D eigenvalue weighted by molar-refractivity contribution is 7.89. The Morgan fingerprint density at radius 1 is 1.30 bits per heavy atom. The molecular weight excluding hydrogens is 292 g/mol. The first-order chi connectivity index (χ1) is 9.32. The van der Waals surface area contributed by atoms with Gasteiger partial charge in [0.05, 0.1) is 9.88 Å². The second-order valence-electron chi connectivity index (χ2n) is 5.35. The number of sulfonamides is 1. The van der Waals surface area contributed by atoms with Crippen molar-refractivity contribution in [2.75, 3.05) is 13.1 Å². The molecule has 0 aromatic heterocycles. The van der Waals surface area contributed by atoms with Gasteiger partial charge in [-0.05, 0) is 38.3 Å². The van der Waals surface area contributed by atoms with Crippen LogP contribution in [0.15, 0.2) is 23.1 Å². The fourth-order valence-electron chi connectivity index (χ4n) is 2.61. The minimum absolute atomic E-state index is 0.163. The lowest BCUT2D eigenvalue weighted by atomic mass is 9.98. The summed E-state index contributed by atoms with van der Waals surface area (Å²) in [6, 6.07) is 5.43. The molecule has 1 fully saturated rings. The van der Waals surface area contributed by atoms with Crippen molar-refractivity contribution >= 4 is 27.2 Å². The van der Waals surface area contributed by atoms with Crippen LogP contribution in [0.3, 0.4) is 0 Å². The number of hydrogen-bond acceptors (Lipinski definition) is 3. The largest absolute Gasteiger partial charge is 0.393 e. The molecule has 0 aliphatic carbocycles. The SMILES string of the molecule is Cc1ccc(S(=O)(=O)N2CCC(C(N)=S)CC2)c(C)c1. The van der Waals surface area contributed by atoms with E-state index >= 15 is 0 Å². The molecule has 1 saturated heterocycles. The summed E-state index contributed by atoms with van der Waals surface area (Å²) in [5.41, 5.74) is 7.49. The predicted octanol–water partition coefficient (Wildman–Crippen LogP) is 1.99. The zero-order chi connectivity index (χ0) is 14.9. The number of piperidine rings is 1. The number of thiocarbonyl (C=S) groups is 1. The van der Waals surface area contributed by atoms with E-state index in [-0.39, 0.29) is 5.92 Å². The van der Waals surface area contributed by atoms with E-state index in [0.717, 1.165) is 11.1 Å². The van der Waals surface area contributed by atoms with Crippen LogP contribution in [-0.4, -0.2) is 30.8 Å². The Kier molecular flexibility index (Phi) is 4.46. The monoisotopic (exact) mass is 312 g/mol. The summed E-state index contributed by atoms with van der Waals surface area (Å²) < 4.78 is 26.9. The summed E-state index contributed by atoms with van der Waals surface area (Å²) in [5, 5.41) is 0. The Morgan fingerprint density at radius 3 is 2.40 bits per heavy atom. The number of nitrogens with zero attached hydrogens (tertiary/aromatic N) is 1. The van der Waals surface area contributed by atoms with E-state index in [2.05, 4.69) is 0 Å². The van der Waals surface area contributed by atoms with Crippen molar-refractivity contribution in [1.82, 2.24) is 4.31 Å². The molecule has 1 aromatic rings. The second-order valence-corrected chi connectivity index (χ2v) is 7.73. The number of aryl methyl sites for hydroxylation is 2. The molecule has 1 aliphatic rings. The van der Waals surface area contributed by atoms with E-state index in [1.54, 1.807) is 10.4 Å². The molecule has 4 nitrogen and oxygen atoms in total. The van der Waals surface area contributed by atoms with Gasteiger partial charge < -0.3 is 5.73 Å². The maximum absolute atomic E-state index is 12.7. The van der Waals surface area contributed by atoms with Crippen molar-refractivity contribution in [3.05, 3.63) is 29.3 Å². The fourth-order valence-corrected chi connectivity index (χ4v) is 4.52. The maximum Gasteiger partial charge on any atom is 0.243 e. The third-order valence-corrected chi connectivity index (χ3v) is 6.20. The quantitative estimate of drug-likeness (QED) is 0.867. The van der Waals surface area contributed by atoms with Crippen LogP contribution in [0.25, 0.3) is 0 Å². The van der Waals surface area contributed by atoms with Crippen molar-refractivity contribution in [2.24, 2.45) is 11.7 Å². The van der Waals surface area contributed by atoms with Crippen LogP contribution in [0.5, 0.6) is 0 Å². The molecule has 110 valence electrons. The average Bonchev–Trinajstić information content (AvgIpc) is 2.38. The van der Waals surface area contributed by atoms with E-state index in [0.29, 0.717) is 35.8 Å². The Labute approximate surface area is 126 Å². The van der Waals surface area contributed by atoms with E-state index in [1.807, 2.05) is 26.0 Å². The van der Waals surface area contributed by atoms with Crippen LogP contribution < -0.4 is 5.73 Å². The molecule has 0 atom stereocenters.